The van der Waals surface area contributed by atoms with Crippen LogP contribution in [0.25, 0.3) is 11.3 Å². The maximum absolute atomic E-state index is 12.2. The molecule has 0 aliphatic carbocycles. The van der Waals surface area contributed by atoms with Crippen LogP contribution < -0.4 is 10.2 Å². The Bertz CT molecular complexity index is 1600. The normalized spacial score (nSPS) is 18.0. The van der Waals surface area contributed by atoms with Gasteiger partial charge in [0.15, 0.2) is 11.3 Å². The van der Waals surface area contributed by atoms with E-state index in [9.17, 15) is 4.79 Å². The number of halogens is 1. The minimum absolute atomic E-state index is 0.291. The molecule has 3 aliphatic rings. The number of aromatic nitrogens is 6. The summed E-state index contributed by atoms with van der Waals surface area (Å²) in [5.74, 6) is 1.27. The van der Waals surface area contributed by atoms with Crippen molar-refractivity contribution >= 4 is 34.8 Å². The van der Waals surface area contributed by atoms with Crippen molar-refractivity contribution < 1.29 is 9.53 Å². The van der Waals surface area contributed by atoms with Crippen molar-refractivity contribution in [2.24, 2.45) is 0 Å². The van der Waals surface area contributed by atoms with Crippen LogP contribution in [-0.4, -0.2) is 110 Å². The lowest BCUT2D eigenvalue weighted by molar-refractivity contribution is 0.0258. The third kappa shape index (κ3) is 6.41. The van der Waals surface area contributed by atoms with Crippen molar-refractivity contribution in [3.63, 3.8) is 0 Å². The predicted molar refractivity (Wildman–Crippen MR) is 166 cm³/mol. The van der Waals surface area contributed by atoms with Crippen molar-refractivity contribution in [2.45, 2.75) is 52.1 Å². The molecule has 7 rings (SSSR count). The topological polar surface area (TPSA) is 108 Å². The van der Waals surface area contributed by atoms with Gasteiger partial charge in [0.1, 0.15) is 16.6 Å². The second-order valence-corrected chi connectivity index (χ2v) is 12.8. The van der Waals surface area contributed by atoms with Crippen LogP contribution in [0.1, 0.15) is 43.3 Å². The molecular formula is C30H41ClN10O2. The lowest BCUT2D eigenvalue weighted by atomic mass is 10.1. The highest BCUT2D eigenvalue weighted by Gasteiger charge is 2.27. The maximum Gasteiger partial charge on any atom is 0.410 e. The Labute approximate surface area is 257 Å². The summed E-state index contributed by atoms with van der Waals surface area (Å²) in [6.07, 6.45) is 6.66. The highest BCUT2D eigenvalue weighted by Crippen LogP contribution is 2.28. The summed E-state index contributed by atoms with van der Waals surface area (Å²) in [6, 6.07) is 3.84. The zero-order chi connectivity index (χ0) is 30.1. The van der Waals surface area contributed by atoms with Gasteiger partial charge < -0.3 is 24.8 Å². The molecule has 4 aromatic heterocycles. The largest absolute Gasteiger partial charge is 0.444 e. The molecule has 1 amide bonds. The fourth-order valence-electron chi connectivity index (χ4n) is 5.93. The van der Waals surface area contributed by atoms with Crippen molar-refractivity contribution in [2.75, 3.05) is 64.3 Å². The fourth-order valence-corrected chi connectivity index (χ4v) is 6.26. The molecule has 0 unspecified atom stereocenters. The Morgan fingerprint density at radius 3 is 2.14 bits per heavy atom. The Morgan fingerprint density at radius 2 is 1.42 bits per heavy atom. The van der Waals surface area contributed by atoms with Gasteiger partial charge in [-0.15, -0.1) is 0 Å². The Kier molecular flexibility index (Phi) is 8.43. The van der Waals surface area contributed by atoms with E-state index in [1.807, 2.05) is 43.6 Å². The van der Waals surface area contributed by atoms with Crippen molar-refractivity contribution in [3.05, 3.63) is 52.2 Å². The highest BCUT2D eigenvalue weighted by atomic mass is 35.5. The highest BCUT2D eigenvalue weighted by molar-refractivity contribution is 6.30. The number of anilines is 1. The molecule has 4 aromatic rings. The molecule has 13 heteroatoms. The molecule has 0 atom stereocenters. The van der Waals surface area contributed by atoms with Gasteiger partial charge in [-0.05, 0) is 40.7 Å². The quantitative estimate of drug-likeness (QED) is 0.326. The summed E-state index contributed by atoms with van der Waals surface area (Å²) in [4.78, 5) is 28.3. The molecule has 7 heterocycles. The van der Waals surface area contributed by atoms with E-state index in [0.29, 0.717) is 31.1 Å². The Morgan fingerprint density at radius 1 is 0.837 bits per heavy atom. The first kappa shape index (κ1) is 29.6. The number of rotatable bonds is 1. The first-order valence-corrected chi connectivity index (χ1v) is 15.5. The summed E-state index contributed by atoms with van der Waals surface area (Å²) in [5.41, 5.74) is 5.78. The van der Waals surface area contributed by atoms with Crippen LogP contribution in [0.4, 0.5) is 10.6 Å². The van der Waals surface area contributed by atoms with Gasteiger partial charge in [-0.1, -0.05) is 11.6 Å². The number of nitrogens with zero attached hydrogens (tertiary/aromatic N) is 9. The number of fused-ring (bicyclic) bond motifs is 4. The average molecular weight is 609 g/mol. The van der Waals surface area contributed by atoms with E-state index >= 15 is 0 Å². The minimum Gasteiger partial charge on any atom is -0.444 e. The summed E-state index contributed by atoms with van der Waals surface area (Å²) in [6.45, 7) is 13.1. The number of hydrogen-bond donors (Lipinski definition) is 1. The molecular weight excluding hydrogens is 568 g/mol. The zero-order valence-corrected chi connectivity index (χ0v) is 26.3. The van der Waals surface area contributed by atoms with E-state index in [1.165, 1.54) is 17.1 Å². The molecule has 0 spiro atoms. The Balaban J connectivity index is 0.000000153. The number of carbonyl (C=O) groups is 1. The maximum atomic E-state index is 12.2. The van der Waals surface area contributed by atoms with Crippen molar-refractivity contribution in [1.82, 2.24) is 44.3 Å². The lowest BCUT2D eigenvalue weighted by Crippen LogP contribution is -2.45. The van der Waals surface area contributed by atoms with Crippen molar-refractivity contribution in [1.29, 1.82) is 0 Å². The van der Waals surface area contributed by atoms with E-state index in [2.05, 4.69) is 37.3 Å². The van der Waals surface area contributed by atoms with Crippen LogP contribution in [0, 0.1) is 0 Å². The van der Waals surface area contributed by atoms with Crippen LogP contribution in [0.5, 0.6) is 0 Å². The first-order chi connectivity index (χ1) is 20.7. The van der Waals surface area contributed by atoms with Gasteiger partial charge in [0.25, 0.3) is 0 Å². The predicted octanol–water partition coefficient (Wildman–Crippen LogP) is 2.89. The van der Waals surface area contributed by atoms with Gasteiger partial charge >= 0.3 is 6.09 Å². The summed E-state index contributed by atoms with van der Waals surface area (Å²) in [7, 11) is 2.20. The first-order valence-electron chi connectivity index (χ1n) is 15.2. The second kappa shape index (κ2) is 12.3. The van der Waals surface area contributed by atoms with Gasteiger partial charge in [-0.25, -0.2) is 19.3 Å². The van der Waals surface area contributed by atoms with E-state index in [0.717, 1.165) is 74.7 Å². The summed E-state index contributed by atoms with van der Waals surface area (Å²) >= 11 is 6.43. The summed E-state index contributed by atoms with van der Waals surface area (Å²) < 4.78 is 9.11. The van der Waals surface area contributed by atoms with Gasteiger partial charge in [0.2, 0.25) is 0 Å². The van der Waals surface area contributed by atoms with Gasteiger partial charge in [0, 0.05) is 88.5 Å². The minimum atomic E-state index is -0.493. The molecule has 0 saturated carbocycles. The molecule has 0 radical (unpaired) electrons. The number of ether oxygens (including phenoxy) is 1. The summed E-state index contributed by atoms with van der Waals surface area (Å²) in [5, 5.41) is 12.7. The van der Waals surface area contributed by atoms with E-state index in [1.54, 1.807) is 15.6 Å². The van der Waals surface area contributed by atoms with Crippen LogP contribution in [-0.2, 0) is 30.4 Å². The number of carbonyl (C=O) groups excluding carboxylic acids is 1. The zero-order valence-electron chi connectivity index (χ0n) is 25.5. The van der Waals surface area contributed by atoms with Crippen LogP contribution in [0.15, 0.2) is 24.5 Å². The molecule has 230 valence electrons. The monoisotopic (exact) mass is 608 g/mol. The molecule has 1 N–H and O–H groups in total. The van der Waals surface area contributed by atoms with Gasteiger partial charge in [-0.2, -0.15) is 14.7 Å². The number of nitrogens with one attached hydrogen (secondary N) is 1. The lowest BCUT2D eigenvalue weighted by Gasteiger charge is -2.31. The van der Waals surface area contributed by atoms with Crippen LogP contribution in [0.2, 0.25) is 5.15 Å². The molecule has 0 bridgehead atoms. The van der Waals surface area contributed by atoms with E-state index in [4.69, 9.17) is 21.3 Å². The SMILES string of the molecule is CC(C)(C)OC(=O)N1CCc2nc3ccnn3c(Cl)c2CC1.CN1CCc2nc3ccnn3c(N3CCNCC3)c2CC1. The number of likely N-dealkylation sites (N-methyl/N-ethyl adjacent to an activating group) is 1. The molecule has 1 saturated heterocycles. The number of hydrogen-bond acceptors (Lipinski definition) is 9. The smallest absolute Gasteiger partial charge is 0.410 e. The number of amides is 1. The third-order valence-electron chi connectivity index (χ3n) is 8.14. The molecule has 3 aliphatic heterocycles. The second-order valence-electron chi connectivity index (χ2n) is 12.4. The third-order valence-corrected chi connectivity index (χ3v) is 8.53. The Hall–Kier alpha value is -3.48. The average Bonchev–Trinajstić information content (AvgIpc) is 3.54. The molecule has 12 nitrogen and oxygen atoms in total. The van der Waals surface area contributed by atoms with Gasteiger partial charge in [-0.3, -0.25) is 0 Å². The molecule has 1 fully saturated rings. The fraction of sp³-hybridized carbons (Fsp3) is 0.567. The number of piperazine rings is 1. The van der Waals surface area contributed by atoms with Gasteiger partial charge in [0.05, 0.1) is 23.8 Å². The van der Waals surface area contributed by atoms with Crippen LogP contribution >= 0.6 is 11.6 Å². The van der Waals surface area contributed by atoms with E-state index in [-0.39, 0.29) is 6.09 Å². The van der Waals surface area contributed by atoms with Crippen molar-refractivity contribution in [3.8, 4) is 0 Å². The van der Waals surface area contributed by atoms with Crippen LogP contribution in [0.3, 0.4) is 0 Å². The molecule has 0 aromatic carbocycles. The molecule has 43 heavy (non-hydrogen) atoms. The standard InChI is InChI=1S/C15H19ClN4O2.C15H22N6/c1-15(2,3)22-14(21)19-8-5-10-11(6-9-19)18-12-4-7-17-20(12)13(10)16;1-19-8-3-12-13(4-9-19)18-14-2-5-17-21(14)15(12)20-10-6-16-7-11-20/h4,7H,5-6,8-9H2,1-3H3;2,5,16H,3-4,6-11H2,1H3. The van der Waals surface area contributed by atoms with E-state index < -0.39 is 5.60 Å².